The van der Waals surface area contributed by atoms with Crippen molar-refractivity contribution < 1.29 is 0 Å². The highest BCUT2D eigenvalue weighted by molar-refractivity contribution is 7.18. The Labute approximate surface area is 63.1 Å². The molecular formula is C7H8N2S. The normalized spacial score (nSPS) is 11.0. The second-order valence-corrected chi connectivity index (χ2v) is 3.66. The minimum atomic E-state index is 1.24. The molecule has 0 saturated heterocycles. The van der Waals surface area contributed by atoms with Gasteiger partial charge in [-0.05, 0) is 13.0 Å². The Balaban J connectivity index is 2.90. The molecule has 0 N–H and O–H groups in total. The monoisotopic (exact) mass is 152 g/mol. The molecule has 0 aliphatic heterocycles. The van der Waals surface area contributed by atoms with Crippen LogP contribution in [0.25, 0.3) is 10.2 Å². The third-order valence-corrected chi connectivity index (χ3v) is 2.53. The predicted molar refractivity (Wildman–Crippen MR) is 43.3 cm³/mol. The highest BCUT2D eigenvalue weighted by Crippen LogP contribution is 2.23. The highest BCUT2D eigenvalue weighted by Gasteiger charge is 2.00. The molecule has 2 heterocycles. The molecule has 0 radical (unpaired) electrons. The summed E-state index contributed by atoms with van der Waals surface area (Å²) in [5.74, 6) is 0. The van der Waals surface area contributed by atoms with E-state index >= 15 is 0 Å². The lowest BCUT2D eigenvalue weighted by Crippen LogP contribution is -1.86. The molecule has 0 spiro atoms. The topological polar surface area (TPSA) is 17.8 Å². The van der Waals surface area contributed by atoms with Gasteiger partial charge in [0.2, 0.25) is 0 Å². The first-order chi connectivity index (χ1) is 4.77. The van der Waals surface area contributed by atoms with Crippen molar-refractivity contribution in [2.75, 3.05) is 0 Å². The molecule has 2 rings (SSSR count). The lowest BCUT2D eigenvalue weighted by Gasteiger charge is -1.84. The smallest absolute Gasteiger partial charge is 0.0789 e. The van der Waals surface area contributed by atoms with Gasteiger partial charge in [-0.15, -0.1) is 11.3 Å². The van der Waals surface area contributed by atoms with Crippen molar-refractivity contribution in [2.24, 2.45) is 7.05 Å². The van der Waals surface area contributed by atoms with Crippen LogP contribution >= 0.6 is 11.3 Å². The molecule has 3 heteroatoms. The first-order valence-electron chi connectivity index (χ1n) is 3.15. The van der Waals surface area contributed by atoms with Crippen molar-refractivity contribution in [3.63, 3.8) is 0 Å². The molecule has 0 amide bonds. The number of aromatic nitrogens is 2. The number of fused-ring (bicyclic) bond motifs is 1. The van der Waals surface area contributed by atoms with Gasteiger partial charge in [-0.2, -0.15) is 5.10 Å². The Morgan fingerprint density at radius 1 is 1.60 bits per heavy atom. The Morgan fingerprint density at radius 2 is 2.40 bits per heavy atom. The van der Waals surface area contributed by atoms with E-state index in [1.807, 2.05) is 17.9 Å². The van der Waals surface area contributed by atoms with E-state index < -0.39 is 0 Å². The summed E-state index contributed by atoms with van der Waals surface area (Å²) in [5.41, 5.74) is 1.24. The van der Waals surface area contributed by atoms with Gasteiger partial charge in [0.1, 0.15) is 0 Å². The summed E-state index contributed by atoms with van der Waals surface area (Å²) < 4.78 is 3.18. The van der Waals surface area contributed by atoms with E-state index in [-0.39, 0.29) is 0 Å². The van der Waals surface area contributed by atoms with Gasteiger partial charge in [0.15, 0.2) is 0 Å². The van der Waals surface area contributed by atoms with Gasteiger partial charge in [-0.25, -0.2) is 0 Å². The van der Waals surface area contributed by atoms with Gasteiger partial charge in [-0.3, -0.25) is 4.68 Å². The third kappa shape index (κ3) is 0.671. The van der Waals surface area contributed by atoms with Gasteiger partial charge in [0, 0.05) is 11.9 Å². The number of hydrogen-bond donors (Lipinski definition) is 0. The van der Waals surface area contributed by atoms with E-state index in [2.05, 4.69) is 18.1 Å². The molecular weight excluding hydrogens is 144 g/mol. The van der Waals surface area contributed by atoms with Crippen molar-refractivity contribution in [1.82, 2.24) is 9.78 Å². The molecule has 0 saturated carbocycles. The highest BCUT2D eigenvalue weighted by atomic mass is 32.1. The summed E-state index contributed by atoms with van der Waals surface area (Å²) in [7, 11) is 1.97. The summed E-state index contributed by atoms with van der Waals surface area (Å²) in [4.78, 5) is 1.35. The zero-order valence-electron chi connectivity index (χ0n) is 5.96. The minimum Gasteiger partial charge on any atom is -0.267 e. The van der Waals surface area contributed by atoms with Crippen LogP contribution < -0.4 is 0 Å². The van der Waals surface area contributed by atoms with Crippen molar-refractivity contribution in [1.29, 1.82) is 0 Å². The van der Waals surface area contributed by atoms with E-state index in [1.165, 1.54) is 15.1 Å². The predicted octanol–water partition coefficient (Wildman–Crippen LogP) is 1.94. The van der Waals surface area contributed by atoms with Crippen LogP contribution in [0.2, 0.25) is 0 Å². The van der Waals surface area contributed by atoms with Crippen LogP contribution in [0.3, 0.4) is 0 Å². The molecule has 0 aliphatic rings. The van der Waals surface area contributed by atoms with Gasteiger partial charge >= 0.3 is 0 Å². The molecule has 0 atom stereocenters. The van der Waals surface area contributed by atoms with E-state index in [1.54, 1.807) is 11.3 Å². The zero-order chi connectivity index (χ0) is 7.14. The molecule has 0 aromatic carbocycles. The van der Waals surface area contributed by atoms with Crippen molar-refractivity contribution in [2.45, 2.75) is 6.92 Å². The average molecular weight is 152 g/mol. The summed E-state index contributed by atoms with van der Waals surface area (Å²) in [6, 6.07) is 2.16. The lowest BCUT2D eigenvalue weighted by atomic mass is 10.4. The molecule has 2 aromatic rings. The number of hydrogen-bond acceptors (Lipinski definition) is 2. The maximum absolute atomic E-state index is 4.12. The summed E-state index contributed by atoms with van der Waals surface area (Å²) in [6.07, 6.45) is 1.91. The molecule has 0 bridgehead atoms. The Morgan fingerprint density at radius 3 is 3.10 bits per heavy atom. The van der Waals surface area contributed by atoms with Crippen molar-refractivity contribution >= 4 is 21.6 Å². The van der Waals surface area contributed by atoms with Crippen LogP contribution in [0, 0.1) is 6.92 Å². The molecule has 0 unspecified atom stereocenters. The van der Waals surface area contributed by atoms with E-state index in [9.17, 15) is 0 Å². The maximum atomic E-state index is 4.12. The molecule has 0 fully saturated rings. The fourth-order valence-electron chi connectivity index (χ4n) is 1.07. The number of aryl methyl sites for hydroxylation is 2. The zero-order valence-corrected chi connectivity index (χ0v) is 6.77. The molecule has 10 heavy (non-hydrogen) atoms. The summed E-state index contributed by atoms with van der Waals surface area (Å²) in [5, 5.41) is 4.12. The average Bonchev–Trinajstić information content (AvgIpc) is 2.35. The van der Waals surface area contributed by atoms with Crippen LogP contribution in [0.1, 0.15) is 4.88 Å². The van der Waals surface area contributed by atoms with Gasteiger partial charge in [0.25, 0.3) is 0 Å². The van der Waals surface area contributed by atoms with Crippen LogP contribution in [0.5, 0.6) is 0 Å². The fraction of sp³-hybridized carbons (Fsp3) is 0.286. The van der Waals surface area contributed by atoms with Crippen LogP contribution in [-0.2, 0) is 7.05 Å². The summed E-state index contributed by atoms with van der Waals surface area (Å²) >= 11 is 1.79. The van der Waals surface area contributed by atoms with E-state index in [0.717, 1.165) is 0 Å². The van der Waals surface area contributed by atoms with E-state index in [0.29, 0.717) is 0 Å². The Hall–Kier alpha value is -0.830. The van der Waals surface area contributed by atoms with E-state index in [4.69, 9.17) is 0 Å². The minimum absolute atomic E-state index is 1.24. The largest absolute Gasteiger partial charge is 0.267 e. The van der Waals surface area contributed by atoms with Gasteiger partial charge < -0.3 is 0 Å². The van der Waals surface area contributed by atoms with Crippen LogP contribution in [0.4, 0.5) is 0 Å². The maximum Gasteiger partial charge on any atom is 0.0789 e. The number of rotatable bonds is 0. The van der Waals surface area contributed by atoms with Crippen molar-refractivity contribution in [3.05, 3.63) is 17.1 Å². The second-order valence-electron chi connectivity index (χ2n) is 2.37. The van der Waals surface area contributed by atoms with Crippen molar-refractivity contribution in [3.8, 4) is 0 Å². The SMILES string of the molecule is Cc1cc2c(cnn2C)s1. The summed E-state index contributed by atoms with van der Waals surface area (Å²) in [6.45, 7) is 2.12. The van der Waals surface area contributed by atoms with Gasteiger partial charge in [0.05, 0.1) is 16.4 Å². The molecule has 0 aliphatic carbocycles. The molecule has 2 nitrogen and oxygen atoms in total. The number of thiophene rings is 1. The van der Waals surface area contributed by atoms with Crippen LogP contribution in [0.15, 0.2) is 12.3 Å². The first kappa shape index (κ1) is 5.92. The quantitative estimate of drug-likeness (QED) is 0.564. The Kier molecular flexibility index (Phi) is 1.08. The van der Waals surface area contributed by atoms with Crippen LogP contribution in [-0.4, -0.2) is 9.78 Å². The molecule has 2 aromatic heterocycles. The standard InChI is InChI=1S/C7H8N2S/c1-5-3-6-7(10-5)4-8-9(6)2/h3-4H,1-2H3. The lowest BCUT2D eigenvalue weighted by molar-refractivity contribution is 0.797. The third-order valence-electron chi connectivity index (χ3n) is 1.56. The first-order valence-corrected chi connectivity index (χ1v) is 3.97. The Bertz CT molecular complexity index is 358. The fourth-order valence-corrected chi connectivity index (χ4v) is 1.98. The second kappa shape index (κ2) is 1.83. The van der Waals surface area contributed by atoms with Gasteiger partial charge in [-0.1, -0.05) is 0 Å². The number of nitrogens with zero attached hydrogens (tertiary/aromatic N) is 2. The molecule has 52 valence electrons.